The van der Waals surface area contributed by atoms with Gasteiger partial charge in [-0.15, -0.1) is 0 Å². The lowest BCUT2D eigenvalue weighted by molar-refractivity contribution is -0.125. The number of nitrogens with one attached hydrogen (secondary N) is 2. The zero-order chi connectivity index (χ0) is 33.9. The van der Waals surface area contributed by atoms with Gasteiger partial charge in [-0.1, -0.05) is 78.6 Å². The standard InChI is InChI=1S/C37H39N3O8/c1-38-33(42)25-46-21-7-6-8-27-22-40(36(44)39-35(27)43)34-20-19-32(48-34)24-47-37(28-9-4-3-5-10-28,29-13-11-26(23-41)12-14-29)30-15-17-31(45-2)18-16-30/h3-5,9-18,22,32,34,41H,7,19-21,23-25H2,1-2H3,(H,38,42)(H,39,43,44). The summed E-state index contributed by atoms with van der Waals surface area (Å²) < 4.78 is 25.3. The molecule has 0 bridgehead atoms. The lowest BCUT2D eigenvalue weighted by Gasteiger charge is -2.37. The van der Waals surface area contributed by atoms with Gasteiger partial charge in [-0.05, 0) is 47.2 Å². The maximum absolute atomic E-state index is 12.8. The first-order valence-electron chi connectivity index (χ1n) is 15.7. The Morgan fingerprint density at radius 2 is 1.71 bits per heavy atom. The Morgan fingerprint density at radius 1 is 1.02 bits per heavy atom. The molecule has 11 heteroatoms. The minimum absolute atomic E-state index is 0.0733. The van der Waals surface area contributed by atoms with Crippen molar-refractivity contribution in [2.24, 2.45) is 0 Å². The zero-order valence-corrected chi connectivity index (χ0v) is 26.9. The Labute approximate surface area is 278 Å². The molecule has 3 atom stereocenters. The molecule has 3 aromatic carbocycles. The monoisotopic (exact) mass is 653 g/mol. The molecule has 3 N–H and O–H groups in total. The van der Waals surface area contributed by atoms with Gasteiger partial charge >= 0.3 is 5.69 Å². The number of H-pyrrole nitrogens is 1. The van der Waals surface area contributed by atoms with Crippen LogP contribution in [0.15, 0.2) is 94.6 Å². The number of aliphatic hydroxyl groups is 1. The summed E-state index contributed by atoms with van der Waals surface area (Å²) in [6.07, 6.45) is 1.86. The molecule has 4 aromatic rings. The zero-order valence-electron chi connectivity index (χ0n) is 26.9. The molecule has 1 saturated heterocycles. The van der Waals surface area contributed by atoms with E-state index < -0.39 is 23.1 Å². The number of methoxy groups -OCH3 is 1. The predicted octanol–water partition coefficient (Wildman–Crippen LogP) is 3.23. The predicted molar refractivity (Wildman–Crippen MR) is 178 cm³/mol. The third-order valence-corrected chi connectivity index (χ3v) is 8.18. The normalized spacial score (nSPS) is 16.8. The van der Waals surface area contributed by atoms with E-state index in [-0.39, 0.29) is 44.0 Å². The molecule has 11 nitrogen and oxygen atoms in total. The summed E-state index contributed by atoms with van der Waals surface area (Å²) >= 11 is 0. The van der Waals surface area contributed by atoms with Gasteiger partial charge in [-0.25, -0.2) is 4.79 Å². The maximum Gasteiger partial charge on any atom is 0.330 e. The first kappa shape index (κ1) is 34.3. The lowest BCUT2D eigenvalue weighted by atomic mass is 9.79. The average Bonchev–Trinajstić information content (AvgIpc) is 3.60. The van der Waals surface area contributed by atoms with Gasteiger partial charge < -0.3 is 29.4 Å². The van der Waals surface area contributed by atoms with Gasteiger partial charge in [0, 0.05) is 19.7 Å². The molecular weight excluding hydrogens is 614 g/mol. The highest BCUT2D eigenvalue weighted by atomic mass is 16.6. The van der Waals surface area contributed by atoms with Crippen molar-refractivity contribution in [3.05, 3.63) is 134 Å². The van der Waals surface area contributed by atoms with Crippen molar-refractivity contribution >= 4 is 5.91 Å². The number of aliphatic hydroxyl groups excluding tert-OH is 1. The second kappa shape index (κ2) is 16.2. The van der Waals surface area contributed by atoms with Crippen LogP contribution in [0.4, 0.5) is 0 Å². The minimum Gasteiger partial charge on any atom is -0.497 e. The minimum atomic E-state index is -1.04. The van der Waals surface area contributed by atoms with Gasteiger partial charge in [0.25, 0.3) is 5.56 Å². The molecule has 0 spiro atoms. The fraction of sp³-hybridized carbons (Fsp3) is 0.324. The number of rotatable bonds is 13. The number of hydrogen-bond donors (Lipinski definition) is 3. The average molecular weight is 654 g/mol. The van der Waals surface area contributed by atoms with Crippen LogP contribution in [0, 0.1) is 11.8 Å². The Kier molecular flexibility index (Phi) is 11.6. The SMILES string of the molecule is CNC(=O)COCCC#Cc1cn(C2CCC(COC(c3ccccc3)(c3ccc(CO)cc3)c3ccc(OC)cc3)O2)c(=O)[nH]c1=O. The van der Waals surface area contributed by atoms with Crippen LogP contribution in [0.1, 0.15) is 53.3 Å². The molecule has 5 rings (SSSR count). The van der Waals surface area contributed by atoms with Gasteiger partial charge in [0.2, 0.25) is 5.91 Å². The molecule has 1 aliphatic rings. The number of carbonyl (C=O) groups is 1. The summed E-state index contributed by atoms with van der Waals surface area (Å²) in [4.78, 5) is 38.9. The molecule has 1 aromatic heterocycles. The fourth-order valence-corrected chi connectivity index (χ4v) is 5.63. The van der Waals surface area contributed by atoms with E-state index in [0.717, 1.165) is 22.3 Å². The van der Waals surface area contributed by atoms with E-state index in [4.69, 9.17) is 18.9 Å². The Balaban J connectivity index is 1.38. The number of amides is 1. The van der Waals surface area contributed by atoms with Gasteiger partial charge in [-0.3, -0.25) is 19.1 Å². The molecule has 0 radical (unpaired) electrons. The van der Waals surface area contributed by atoms with Crippen molar-refractivity contribution in [1.29, 1.82) is 0 Å². The Morgan fingerprint density at radius 3 is 2.38 bits per heavy atom. The van der Waals surface area contributed by atoms with Crippen molar-refractivity contribution in [3.8, 4) is 17.6 Å². The van der Waals surface area contributed by atoms with E-state index in [9.17, 15) is 19.5 Å². The van der Waals surface area contributed by atoms with Gasteiger partial charge in [0.05, 0.1) is 33.0 Å². The summed E-state index contributed by atoms with van der Waals surface area (Å²) in [6, 6.07) is 25.3. The molecular formula is C37H39N3O8. The first-order valence-corrected chi connectivity index (χ1v) is 15.7. The van der Waals surface area contributed by atoms with Crippen molar-refractivity contribution in [2.45, 2.75) is 43.8 Å². The highest BCUT2D eigenvalue weighted by Crippen LogP contribution is 2.42. The molecule has 0 aliphatic carbocycles. The van der Waals surface area contributed by atoms with E-state index in [2.05, 4.69) is 22.1 Å². The fourth-order valence-electron chi connectivity index (χ4n) is 5.63. The number of aromatic nitrogens is 2. The van der Waals surface area contributed by atoms with E-state index in [1.165, 1.54) is 17.8 Å². The van der Waals surface area contributed by atoms with Crippen LogP contribution in [0.2, 0.25) is 0 Å². The Hall–Kier alpha value is -4.99. The number of hydrogen-bond acceptors (Lipinski definition) is 8. The summed E-state index contributed by atoms with van der Waals surface area (Å²) in [5.74, 6) is 6.12. The van der Waals surface area contributed by atoms with Gasteiger partial charge in [0.1, 0.15) is 29.7 Å². The second-order valence-electron chi connectivity index (χ2n) is 11.2. The highest BCUT2D eigenvalue weighted by Gasteiger charge is 2.39. The molecule has 1 aliphatic heterocycles. The number of nitrogens with zero attached hydrogens (tertiary/aromatic N) is 1. The third-order valence-electron chi connectivity index (χ3n) is 8.18. The highest BCUT2D eigenvalue weighted by molar-refractivity contribution is 5.76. The van der Waals surface area contributed by atoms with Crippen LogP contribution in [0.5, 0.6) is 5.75 Å². The smallest absolute Gasteiger partial charge is 0.330 e. The summed E-state index contributed by atoms with van der Waals surface area (Å²) in [7, 11) is 3.14. The third kappa shape index (κ3) is 7.93. The van der Waals surface area contributed by atoms with Crippen molar-refractivity contribution < 1.29 is 28.8 Å². The maximum atomic E-state index is 12.8. The van der Waals surface area contributed by atoms with E-state index >= 15 is 0 Å². The summed E-state index contributed by atoms with van der Waals surface area (Å²) in [6.45, 7) is 0.262. The van der Waals surface area contributed by atoms with Crippen LogP contribution in [0.25, 0.3) is 0 Å². The molecule has 48 heavy (non-hydrogen) atoms. The van der Waals surface area contributed by atoms with Crippen LogP contribution in [-0.4, -0.2) is 60.6 Å². The Bertz CT molecular complexity index is 1790. The van der Waals surface area contributed by atoms with Crippen LogP contribution in [0.3, 0.4) is 0 Å². The van der Waals surface area contributed by atoms with E-state index in [0.29, 0.717) is 25.0 Å². The van der Waals surface area contributed by atoms with Crippen molar-refractivity contribution in [1.82, 2.24) is 14.9 Å². The largest absolute Gasteiger partial charge is 0.497 e. The molecule has 2 heterocycles. The molecule has 0 saturated carbocycles. The van der Waals surface area contributed by atoms with Gasteiger partial charge in [0.15, 0.2) is 0 Å². The number of likely N-dealkylation sites (N-methyl/N-ethyl adjacent to an activating group) is 1. The molecule has 250 valence electrons. The number of benzene rings is 3. The number of carbonyl (C=O) groups excluding carboxylic acids is 1. The molecule has 3 unspecified atom stereocenters. The molecule has 1 fully saturated rings. The quantitative estimate of drug-likeness (QED) is 0.114. The second-order valence-corrected chi connectivity index (χ2v) is 11.2. The molecule has 1 amide bonds. The number of ether oxygens (including phenoxy) is 4. The number of aromatic amines is 1. The summed E-state index contributed by atoms with van der Waals surface area (Å²) in [5.41, 5.74) is 1.33. The van der Waals surface area contributed by atoms with Crippen LogP contribution >= 0.6 is 0 Å². The van der Waals surface area contributed by atoms with Crippen molar-refractivity contribution in [3.63, 3.8) is 0 Å². The summed E-state index contributed by atoms with van der Waals surface area (Å²) in [5, 5.41) is 12.2. The first-order chi connectivity index (χ1) is 23.4. The topological polar surface area (TPSA) is 141 Å². The van der Waals surface area contributed by atoms with Crippen molar-refractivity contribution in [2.75, 3.05) is 34.0 Å². The van der Waals surface area contributed by atoms with E-state index in [1.807, 2.05) is 78.9 Å². The van der Waals surface area contributed by atoms with Crippen LogP contribution < -0.4 is 21.3 Å². The van der Waals surface area contributed by atoms with Crippen LogP contribution in [-0.2, 0) is 31.2 Å². The van der Waals surface area contributed by atoms with E-state index in [1.54, 1.807) is 7.11 Å². The van der Waals surface area contributed by atoms with Gasteiger partial charge in [-0.2, -0.15) is 0 Å². The lowest BCUT2D eigenvalue weighted by Crippen LogP contribution is -2.36.